The van der Waals surface area contributed by atoms with Crippen molar-refractivity contribution in [3.05, 3.63) is 35.4 Å². The van der Waals surface area contributed by atoms with Gasteiger partial charge in [0.25, 0.3) is 0 Å². The zero-order chi connectivity index (χ0) is 19.7. The molecule has 1 aromatic rings. The molecule has 0 spiro atoms. The molecule has 0 aromatic heterocycles. The van der Waals surface area contributed by atoms with Crippen LogP contribution in [0.3, 0.4) is 0 Å². The third kappa shape index (κ3) is 7.48. The standard InChI is InChI=1S/C19H27F3N4O/c1-23-18(25-11-10-24-17(27)12-14-4-2-3-5-14)26-13-15-6-8-16(9-7-15)19(20,21)22/h6-9,14H,2-5,10-13H2,1H3,(H,24,27)(H2,23,25,26). The van der Waals surface area contributed by atoms with Gasteiger partial charge in [-0.3, -0.25) is 9.79 Å². The molecule has 1 fully saturated rings. The van der Waals surface area contributed by atoms with Gasteiger partial charge in [0.1, 0.15) is 0 Å². The van der Waals surface area contributed by atoms with E-state index in [-0.39, 0.29) is 5.91 Å². The molecule has 3 N–H and O–H groups in total. The smallest absolute Gasteiger partial charge is 0.355 e. The Hall–Kier alpha value is -2.25. The predicted octanol–water partition coefficient (Wildman–Crippen LogP) is 3.07. The summed E-state index contributed by atoms with van der Waals surface area (Å²) in [7, 11) is 1.61. The third-order valence-electron chi connectivity index (χ3n) is 4.65. The third-order valence-corrected chi connectivity index (χ3v) is 4.65. The van der Waals surface area contributed by atoms with E-state index in [9.17, 15) is 18.0 Å². The molecule has 8 heteroatoms. The molecule has 5 nitrogen and oxygen atoms in total. The Morgan fingerprint density at radius 2 is 1.70 bits per heavy atom. The Bertz CT molecular complexity index is 623. The van der Waals surface area contributed by atoms with Gasteiger partial charge in [0.2, 0.25) is 5.91 Å². The largest absolute Gasteiger partial charge is 0.416 e. The minimum Gasteiger partial charge on any atom is -0.355 e. The van der Waals surface area contributed by atoms with Gasteiger partial charge in [-0.25, -0.2) is 0 Å². The lowest BCUT2D eigenvalue weighted by Gasteiger charge is -2.14. The Morgan fingerprint density at radius 3 is 2.30 bits per heavy atom. The maximum absolute atomic E-state index is 12.6. The van der Waals surface area contributed by atoms with E-state index in [1.165, 1.54) is 25.0 Å². The minimum atomic E-state index is -4.33. The molecular weight excluding hydrogens is 357 g/mol. The van der Waals surface area contributed by atoms with Crippen molar-refractivity contribution in [1.29, 1.82) is 0 Å². The van der Waals surface area contributed by atoms with Crippen LogP contribution in [0.15, 0.2) is 29.3 Å². The lowest BCUT2D eigenvalue weighted by molar-refractivity contribution is -0.137. The van der Waals surface area contributed by atoms with Crippen LogP contribution < -0.4 is 16.0 Å². The second kappa shape index (κ2) is 10.2. The highest BCUT2D eigenvalue weighted by Gasteiger charge is 2.29. The Morgan fingerprint density at radius 1 is 1.07 bits per heavy atom. The van der Waals surface area contributed by atoms with Gasteiger partial charge in [-0.1, -0.05) is 25.0 Å². The second-order valence-corrected chi connectivity index (χ2v) is 6.75. The van der Waals surface area contributed by atoms with E-state index in [1.54, 1.807) is 7.05 Å². The number of aliphatic imine (C=N–C) groups is 1. The molecule has 1 aromatic carbocycles. The Labute approximate surface area is 157 Å². The van der Waals surface area contributed by atoms with Crippen LogP contribution >= 0.6 is 0 Å². The predicted molar refractivity (Wildman–Crippen MR) is 99.2 cm³/mol. The van der Waals surface area contributed by atoms with Crippen LogP contribution in [-0.4, -0.2) is 32.0 Å². The molecular formula is C19H27F3N4O. The van der Waals surface area contributed by atoms with Crippen molar-refractivity contribution in [2.45, 2.75) is 44.8 Å². The van der Waals surface area contributed by atoms with Crippen molar-refractivity contribution in [2.24, 2.45) is 10.9 Å². The van der Waals surface area contributed by atoms with Crippen LogP contribution in [0, 0.1) is 5.92 Å². The maximum Gasteiger partial charge on any atom is 0.416 e. The number of hydrogen-bond acceptors (Lipinski definition) is 2. The number of nitrogens with one attached hydrogen (secondary N) is 3. The first-order valence-corrected chi connectivity index (χ1v) is 9.26. The zero-order valence-electron chi connectivity index (χ0n) is 15.5. The molecule has 0 heterocycles. The molecule has 2 rings (SSSR count). The average Bonchev–Trinajstić information content (AvgIpc) is 3.13. The van der Waals surface area contributed by atoms with Gasteiger partial charge in [-0.2, -0.15) is 13.2 Å². The summed E-state index contributed by atoms with van der Waals surface area (Å²) in [6, 6.07) is 5.00. The molecule has 0 radical (unpaired) electrons. The first-order chi connectivity index (χ1) is 12.9. The molecule has 0 unspecified atom stereocenters. The van der Waals surface area contributed by atoms with Crippen molar-refractivity contribution >= 4 is 11.9 Å². The van der Waals surface area contributed by atoms with E-state index in [2.05, 4.69) is 20.9 Å². The molecule has 150 valence electrons. The van der Waals surface area contributed by atoms with E-state index in [1.807, 2.05) is 0 Å². The van der Waals surface area contributed by atoms with Crippen LogP contribution in [0.4, 0.5) is 13.2 Å². The lowest BCUT2D eigenvalue weighted by atomic mass is 10.0. The number of rotatable bonds is 7. The number of carbonyl (C=O) groups excluding carboxylic acids is 1. The summed E-state index contributed by atoms with van der Waals surface area (Å²) in [6.45, 7) is 1.36. The van der Waals surface area contributed by atoms with Gasteiger partial charge in [-0.15, -0.1) is 0 Å². The summed E-state index contributed by atoms with van der Waals surface area (Å²) >= 11 is 0. The van der Waals surface area contributed by atoms with Crippen LogP contribution in [0.5, 0.6) is 0 Å². The Kier molecular flexibility index (Phi) is 7.94. The van der Waals surface area contributed by atoms with E-state index in [4.69, 9.17) is 0 Å². The lowest BCUT2D eigenvalue weighted by Crippen LogP contribution is -2.41. The number of carbonyl (C=O) groups is 1. The quantitative estimate of drug-likeness (QED) is 0.385. The van der Waals surface area contributed by atoms with Crippen molar-refractivity contribution in [1.82, 2.24) is 16.0 Å². The summed E-state index contributed by atoms with van der Waals surface area (Å²) in [6.07, 6.45) is 1.01. The SMILES string of the molecule is CN=C(NCCNC(=O)CC1CCCC1)NCc1ccc(C(F)(F)F)cc1. The van der Waals surface area contributed by atoms with Gasteiger partial charge in [0.15, 0.2) is 5.96 Å². The van der Waals surface area contributed by atoms with Crippen LogP contribution in [-0.2, 0) is 17.5 Å². The molecule has 1 saturated carbocycles. The van der Waals surface area contributed by atoms with E-state index in [0.29, 0.717) is 37.9 Å². The highest BCUT2D eigenvalue weighted by atomic mass is 19.4. The fourth-order valence-corrected chi connectivity index (χ4v) is 3.15. The summed E-state index contributed by atoms with van der Waals surface area (Å²) in [5.41, 5.74) is 0.0536. The van der Waals surface area contributed by atoms with Crippen molar-refractivity contribution in [3.8, 4) is 0 Å². The van der Waals surface area contributed by atoms with E-state index in [0.717, 1.165) is 30.5 Å². The molecule has 27 heavy (non-hydrogen) atoms. The molecule has 0 bridgehead atoms. The maximum atomic E-state index is 12.6. The van der Waals surface area contributed by atoms with Crippen LogP contribution in [0.2, 0.25) is 0 Å². The first kappa shape index (κ1) is 21.1. The van der Waals surface area contributed by atoms with Gasteiger partial charge >= 0.3 is 6.18 Å². The number of benzene rings is 1. The topological polar surface area (TPSA) is 65.5 Å². The zero-order valence-corrected chi connectivity index (χ0v) is 15.5. The summed E-state index contributed by atoms with van der Waals surface area (Å²) in [5.74, 6) is 1.13. The minimum absolute atomic E-state index is 0.0800. The fraction of sp³-hybridized carbons (Fsp3) is 0.579. The highest BCUT2D eigenvalue weighted by molar-refractivity contribution is 5.80. The monoisotopic (exact) mass is 384 g/mol. The summed E-state index contributed by atoms with van der Waals surface area (Å²) in [4.78, 5) is 15.9. The van der Waals surface area contributed by atoms with Crippen LogP contribution in [0.1, 0.15) is 43.2 Å². The number of alkyl halides is 3. The molecule has 1 amide bonds. The van der Waals surface area contributed by atoms with E-state index < -0.39 is 11.7 Å². The molecule has 0 atom stereocenters. The summed E-state index contributed by atoms with van der Waals surface area (Å²) in [5, 5.41) is 9.00. The number of guanidine groups is 1. The summed E-state index contributed by atoms with van der Waals surface area (Å²) < 4.78 is 37.7. The van der Waals surface area contributed by atoms with Crippen molar-refractivity contribution in [2.75, 3.05) is 20.1 Å². The van der Waals surface area contributed by atoms with Crippen LogP contribution in [0.25, 0.3) is 0 Å². The van der Waals surface area contributed by atoms with E-state index >= 15 is 0 Å². The molecule has 1 aliphatic carbocycles. The molecule has 1 aliphatic rings. The van der Waals surface area contributed by atoms with Gasteiger partial charge in [-0.05, 0) is 36.5 Å². The first-order valence-electron chi connectivity index (χ1n) is 9.26. The number of amides is 1. The van der Waals surface area contributed by atoms with Gasteiger partial charge in [0.05, 0.1) is 5.56 Å². The molecule has 0 aliphatic heterocycles. The average molecular weight is 384 g/mol. The fourth-order valence-electron chi connectivity index (χ4n) is 3.15. The normalized spacial score (nSPS) is 15.6. The van der Waals surface area contributed by atoms with Crippen molar-refractivity contribution in [3.63, 3.8) is 0 Å². The second-order valence-electron chi connectivity index (χ2n) is 6.75. The molecule has 0 saturated heterocycles. The Balaban J connectivity index is 1.64. The highest BCUT2D eigenvalue weighted by Crippen LogP contribution is 2.29. The number of halogens is 3. The number of nitrogens with zero attached hydrogens (tertiary/aromatic N) is 1. The van der Waals surface area contributed by atoms with Gasteiger partial charge in [0, 0.05) is 33.1 Å². The number of hydrogen-bond donors (Lipinski definition) is 3. The van der Waals surface area contributed by atoms with Gasteiger partial charge < -0.3 is 16.0 Å². The van der Waals surface area contributed by atoms with Crippen molar-refractivity contribution < 1.29 is 18.0 Å².